The second-order valence-corrected chi connectivity index (χ2v) is 33.9. The van der Waals surface area contributed by atoms with Gasteiger partial charge in [0.15, 0.2) is 5.76 Å². The van der Waals surface area contributed by atoms with E-state index < -0.39 is 87.3 Å². The number of carbonyl (C=O) groups excluding carboxylic acids is 4. The summed E-state index contributed by atoms with van der Waals surface area (Å²) in [4.78, 5) is 73.6. The largest absolute Gasteiger partial charge is 0.494 e. The lowest BCUT2D eigenvalue weighted by atomic mass is 10.1. The van der Waals surface area contributed by atoms with Crippen molar-refractivity contribution in [2.75, 3.05) is 46.1 Å². The molecule has 6 aromatic heterocycles. The zero-order chi connectivity index (χ0) is 83.0. The van der Waals surface area contributed by atoms with E-state index in [2.05, 4.69) is 19.7 Å². The normalized spacial score (nSPS) is 12.4. The molecule has 0 aliphatic carbocycles. The molecule has 0 radical (unpaired) electrons. The van der Waals surface area contributed by atoms with Crippen LogP contribution in [-0.2, 0) is 60.7 Å². The molecule has 8 N–H and O–H groups in total. The third-order valence-electron chi connectivity index (χ3n) is 18.2. The Balaban J connectivity index is 0.000000170. The number of aromatic nitrogens is 3. The number of sulfonamides is 3. The number of carboxylic acids is 1. The smallest absolute Gasteiger partial charge is 0.371 e. The van der Waals surface area contributed by atoms with Gasteiger partial charge in [0.1, 0.15) is 46.7 Å². The van der Waals surface area contributed by atoms with Gasteiger partial charge in [0.25, 0.3) is 53.7 Å². The first-order chi connectivity index (χ1) is 54.6. The van der Waals surface area contributed by atoms with Gasteiger partial charge in [0, 0.05) is 75.9 Å². The molecule has 7 heterocycles. The van der Waals surface area contributed by atoms with Crippen molar-refractivity contribution in [1.82, 2.24) is 34.0 Å². The van der Waals surface area contributed by atoms with Crippen LogP contribution in [0, 0.1) is 41.5 Å². The zero-order valence-corrected chi connectivity index (χ0v) is 69.2. The van der Waals surface area contributed by atoms with Crippen LogP contribution in [0.1, 0.15) is 128 Å². The number of furan rings is 3. The summed E-state index contributed by atoms with van der Waals surface area (Å²) in [6.45, 7) is 13.5. The van der Waals surface area contributed by atoms with Crippen molar-refractivity contribution in [2.45, 2.75) is 102 Å². The van der Waals surface area contributed by atoms with E-state index in [1.807, 2.05) is 87.4 Å². The van der Waals surface area contributed by atoms with Gasteiger partial charge in [0.05, 0.1) is 33.0 Å². The molecular formula is C79H75Cl6N7O20S3. The van der Waals surface area contributed by atoms with Gasteiger partial charge in [-0.2, -0.15) is 25.3 Å². The Kier molecular flexibility index (Phi) is 27.6. The zero-order valence-electron chi connectivity index (χ0n) is 62.2. The minimum absolute atomic E-state index is 0.0315. The Labute approximate surface area is 689 Å². The molecule has 1 saturated heterocycles. The number of morpholine rings is 1. The maximum atomic E-state index is 13.3. The highest BCUT2D eigenvalue weighted by Gasteiger charge is 2.32. The predicted molar refractivity (Wildman–Crippen MR) is 434 cm³/mol. The number of fused-ring (bicyclic) bond motifs is 3. The Morgan fingerprint density at radius 1 is 0.435 bits per heavy atom. The highest BCUT2D eigenvalue weighted by molar-refractivity contribution is 7.90. The highest BCUT2D eigenvalue weighted by atomic mass is 35.5. The number of ether oxygens (including phenoxy) is 4. The summed E-state index contributed by atoms with van der Waals surface area (Å²) >= 11 is 37.1. The number of aryl methyl sites for hydroxylation is 9. The summed E-state index contributed by atoms with van der Waals surface area (Å²) in [5, 5.41) is 22.0. The number of hydrogen-bond acceptors (Lipinski definition) is 19. The summed E-state index contributed by atoms with van der Waals surface area (Å²) in [5.74, 6) is -3.12. The molecule has 6 aromatic carbocycles. The van der Waals surface area contributed by atoms with E-state index in [1.165, 1.54) is 23.1 Å². The number of nitrogens with one attached hydrogen (secondary N) is 6. The molecule has 4 amide bonds. The number of nitrogens with zero attached hydrogens (tertiary/aromatic N) is 1. The van der Waals surface area contributed by atoms with Crippen molar-refractivity contribution in [2.24, 2.45) is 0 Å². The summed E-state index contributed by atoms with van der Waals surface area (Å²) in [5.41, 5.74) is 9.24. The lowest BCUT2D eigenvalue weighted by Crippen LogP contribution is -2.40. The Hall–Kier alpha value is -9.96. The van der Waals surface area contributed by atoms with Crippen LogP contribution in [0.2, 0.25) is 30.1 Å². The fourth-order valence-electron chi connectivity index (χ4n) is 12.7. The van der Waals surface area contributed by atoms with Crippen molar-refractivity contribution in [3.63, 3.8) is 0 Å². The van der Waals surface area contributed by atoms with Gasteiger partial charge < -0.3 is 62.3 Å². The molecule has 115 heavy (non-hydrogen) atoms. The number of halogens is 6. The molecule has 1 aliphatic rings. The van der Waals surface area contributed by atoms with Gasteiger partial charge >= 0.3 is 5.97 Å². The van der Waals surface area contributed by atoms with Crippen LogP contribution < -0.4 is 28.4 Å². The SMILES string of the molecule is Cc1cc(OCCCc2c(C(=O)NS(=O)(=O)c3ccc(C(=O)N4CCOCC4)o3)[nH]c3cc(Cl)ccc23)cc(C)c1Cl.Cc1cc(OCCCc2c(C(=O)NS(=O)(=O)c3ccc(C(=O)O)o3)[nH]c3cc(Cl)ccc23)cc(C)c1Cl.Cc1cc(OCCCc2c(C(=O)NS(=O)(=O)c3ccc(CO)o3)[nH]c3cc(Cl)ccc23)cc(C)c1Cl. The van der Waals surface area contributed by atoms with Crippen molar-refractivity contribution < 1.29 is 91.6 Å². The number of aliphatic hydroxyl groups excluding tert-OH is 1. The Morgan fingerprint density at radius 2 is 0.748 bits per heavy atom. The van der Waals surface area contributed by atoms with Crippen LogP contribution in [0.25, 0.3) is 32.7 Å². The van der Waals surface area contributed by atoms with Crippen molar-refractivity contribution in [1.29, 1.82) is 0 Å². The van der Waals surface area contributed by atoms with E-state index in [9.17, 15) is 49.2 Å². The Morgan fingerprint density at radius 3 is 1.06 bits per heavy atom. The van der Waals surface area contributed by atoms with E-state index in [0.29, 0.717) is 171 Å². The number of carboxylic acid groups (broad SMARTS) is 1. The highest BCUT2D eigenvalue weighted by Crippen LogP contribution is 2.34. The summed E-state index contributed by atoms with van der Waals surface area (Å²) in [6.07, 6.45) is 2.85. The fraction of sp³-hybridized carbons (Fsp3) is 0.253. The second-order valence-electron chi connectivity index (χ2n) is 26.6. The first-order valence-electron chi connectivity index (χ1n) is 35.4. The van der Waals surface area contributed by atoms with E-state index in [4.69, 9.17) is 112 Å². The van der Waals surface area contributed by atoms with E-state index in [1.54, 1.807) is 54.6 Å². The second kappa shape index (κ2) is 36.9. The third kappa shape index (κ3) is 20.8. The van der Waals surface area contributed by atoms with E-state index in [-0.39, 0.29) is 28.6 Å². The molecule has 27 nitrogen and oxygen atoms in total. The van der Waals surface area contributed by atoms with Gasteiger partial charge in [-0.05, 0) is 239 Å². The summed E-state index contributed by atoms with van der Waals surface area (Å²) in [7, 11) is -13.2. The van der Waals surface area contributed by atoms with Gasteiger partial charge in [-0.15, -0.1) is 0 Å². The van der Waals surface area contributed by atoms with Crippen LogP contribution in [0.4, 0.5) is 0 Å². The molecule has 606 valence electrons. The number of benzene rings is 6. The molecule has 12 aromatic rings. The molecule has 13 rings (SSSR count). The van der Waals surface area contributed by atoms with Crippen LogP contribution >= 0.6 is 69.6 Å². The van der Waals surface area contributed by atoms with Gasteiger partial charge in [-0.25, -0.2) is 19.0 Å². The standard InChI is InChI=1S/C29H29Cl2N3O7S.C25H22Cl2N2O7S.C25H24Cl2N2O6S/c1-17-14-20(15-18(2)26(17)31)40-11-3-4-22-21-6-5-19(30)16-23(21)32-27(22)28(35)33-42(37,38)25-8-7-24(41-25)29(36)34-9-12-39-13-10-34;1-13-10-16(11-14(2)22(13)27)35-9-3-4-18-17-6-5-15(26)12-19(17)28-23(18)24(30)29-37(33,34)21-8-7-20(36-21)25(31)32;1-14-10-18(11-15(2)23(14)27)34-9-3-4-20-19-7-5-16(26)12-21(19)28-24(20)25(31)29-36(32,33)22-8-6-17(13-30)35-22/h5-8,14-16,32H,3-4,9-13H2,1-2H3,(H,33,35);5-8,10-12,28H,3-4,9H2,1-2H3,(H,29,30)(H,31,32);5-8,10-12,28,30H,3-4,9,13H2,1-2H3,(H,29,31). The molecule has 0 bridgehead atoms. The topological polar surface area (TPSA) is 391 Å². The van der Waals surface area contributed by atoms with Crippen molar-refractivity contribution in [3.05, 3.63) is 242 Å². The Bertz CT molecular complexity index is 6010. The minimum Gasteiger partial charge on any atom is -0.494 e. The monoisotopic (exact) mass is 1750 g/mol. The van der Waals surface area contributed by atoms with Crippen LogP contribution in [0.15, 0.2) is 156 Å². The average Bonchev–Trinajstić information content (AvgIpc) is 1.64. The van der Waals surface area contributed by atoms with Crippen LogP contribution in [-0.4, -0.2) is 131 Å². The van der Waals surface area contributed by atoms with E-state index in [0.717, 1.165) is 62.4 Å². The lowest BCUT2D eigenvalue weighted by molar-refractivity contribution is 0.0279. The van der Waals surface area contributed by atoms with Gasteiger partial charge in [0.2, 0.25) is 21.0 Å². The van der Waals surface area contributed by atoms with Crippen LogP contribution in [0.3, 0.4) is 0 Å². The molecule has 1 aliphatic heterocycles. The molecule has 0 atom stereocenters. The van der Waals surface area contributed by atoms with Crippen LogP contribution in [0.5, 0.6) is 17.2 Å². The summed E-state index contributed by atoms with van der Waals surface area (Å²) in [6, 6.07) is 33.3. The molecule has 1 fully saturated rings. The summed E-state index contributed by atoms with van der Waals surface area (Å²) < 4.78 is 121. The molecule has 0 saturated carbocycles. The van der Waals surface area contributed by atoms with Gasteiger partial charge in [-0.3, -0.25) is 19.2 Å². The number of rotatable bonds is 27. The first-order valence-corrected chi connectivity index (χ1v) is 42.1. The maximum Gasteiger partial charge on any atom is 0.371 e. The minimum atomic E-state index is -4.47. The lowest BCUT2D eigenvalue weighted by Gasteiger charge is -2.25. The quantitative estimate of drug-likeness (QED) is 0.0222. The number of hydrogen-bond donors (Lipinski definition) is 8. The number of H-pyrrole nitrogens is 3. The predicted octanol–water partition coefficient (Wildman–Crippen LogP) is 16.1. The van der Waals surface area contributed by atoms with Crippen molar-refractivity contribution >= 4 is 162 Å². The maximum absolute atomic E-state index is 13.3. The number of aromatic amines is 3. The van der Waals surface area contributed by atoms with Gasteiger partial charge in [-0.1, -0.05) is 87.8 Å². The third-order valence-corrected chi connectivity index (χ3v) is 24.3. The number of aliphatic hydroxyl groups is 1. The fourth-order valence-corrected chi connectivity index (χ4v) is 16.2. The average molecular weight is 1750 g/mol. The first kappa shape index (κ1) is 85.9. The van der Waals surface area contributed by atoms with Crippen molar-refractivity contribution in [3.8, 4) is 17.2 Å². The molecular weight excluding hydrogens is 1680 g/mol. The number of aromatic carboxylic acids is 1. The molecule has 0 spiro atoms. The number of amides is 4. The number of carbonyl (C=O) groups is 5. The molecule has 36 heteroatoms. The molecule has 0 unspecified atom stereocenters. The van der Waals surface area contributed by atoms with E-state index >= 15 is 0 Å².